The molecule has 1 unspecified atom stereocenters. The topological polar surface area (TPSA) is 43.8 Å². The molecule has 5 heteroatoms. The van der Waals surface area contributed by atoms with Gasteiger partial charge in [-0.3, -0.25) is 4.68 Å². The van der Waals surface area contributed by atoms with Gasteiger partial charge in [0.05, 0.1) is 21.8 Å². The van der Waals surface area contributed by atoms with Gasteiger partial charge < -0.3 is 5.73 Å². The summed E-state index contributed by atoms with van der Waals surface area (Å²) in [5.41, 5.74) is 8.02. The molecule has 0 saturated heterocycles. The van der Waals surface area contributed by atoms with E-state index in [1.807, 2.05) is 22.9 Å². The monoisotopic (exact) mass is 283 g/mol. The minimum atomic E-state index is -0.315. The molecular formula is C13H15Cl2N3. The van der Waals surface area contributed by atoms with Crippen molar-refractivity contribution in [3.8, 4) is 0 Å². The van der Waals surface area contributed by atoms with Gasteiger partial charge in [-0.1, -0.05) is 42.3 Å². The lowest BCUT2D eigenvalue weighted by Gasteiger charge is -2.16. The zero-order chi connectivity index (χ0) is 13.1. The van der Waals surface area contributed by atoms with Crippen molar-refractivity contribution in [1.82, 2.24) is 9.78 Å². The number of aryl methyl sites for hydroxylation is 1. The summed E-state index contributed by atoms with van der Waals surface area (Å²) in [6, 6.07) is 7.10. The highest BCUT2D eigenvalue weighted by molar-refractivity contribution is 6.42. The van der Waals surface area contributed by atoms with Gasteiger partial charge in [0, 0.05) is 12.7 Å². The van der Waals surface area contributed by atoms with Crippen molar-refractivity contribution >= 4 is 23.2 Å². The number of benzene rings is 1. The molecule has 0 fully saturated rings. The van der Waals surface area contributed by atoms with Crippen LogP contribution in [0.2, 0.25) is 10.0 Å². The molecule has 1 heterocycles. The summed E-state index contributed by atoms with van der Waals surface area (Å²) >= 11 is 12.2. The van der Waals surface area contributed by atoms with Gasteiger partial charge in [0.1, 0.15) is 0 Å². The molecule has 2 N–H and O–H groups in total. The van der Waals surface area contributed by atoms with E-state index in [1.54, 1.807) is 12.3 Å². The number of hydrogen-bond donors (Lipinski definition) is 1. The molecule has 1 aromatic carbocycles. The van der Waals surface area contributed by atoms with Crippen molar-refractivity contribution in [1.29, 1.82) is 0 Å². The predicted octanol–water partition coefficient (Wildman–Crippen LogP) is 3.65. The van der Waals surface area contributed by atoms with Crippen molar-refractivity contribution < 1.29 is 0 Å². The molecule has 3 nitrogen and oxygen atoms in total. The fourth-order valence-electron chi connectivity index (χ4n) is 1.93. The second-order valence-electron chi connectivity index (χ2n) is 4.10. The number of hydrogen-bond acceptors (Lipinski definition) is 2. The van der Waals surface area contributed by atoms with E-state index in [4.69, 9.17) is 28.9 Å². The zero-order valence-electron chi connectivity index (χ0n) is 10.1. The van der Waals surface area contributed by atoms with Crippen LogP contribution in [0.25, 0.3) is 0 Å². The minimum absolute atomic E-state index is 0.315. The van der Waals surface area contributed by atoms with Crippen molar-refractivity contribution in [2.45, 2.75) is 25.9 Å². The first-order chi connectivity index (χ1) is 8.65. The highest BCUT2D eigenvalue weighted by atomic mass is 35.5. The SMILES string of the molecule is CCCn1nccc1C(N)c1cccc(Cl)c1Cl. The molecule has 18 heavy (non-hydrogen) atoms. The van der Waals surface area contributed by atoms with Gasteiger partial charge in [-0.15, -0.1) is 0 Å². The third kappa shape index (κ3) is 2.53. The maximum absolute atomic E-state index is 6.26. The summed E-state index contributed by atoms with van der Waals surface area (Å²) in [5.74, 6) is 0. The third-order valence-corrected chi connectivity index (χ3v) is 3.65. The van der Waals surface area contributed by atoms with Crippen molar-refractivity contribution in [3.63, 3.8) is 0 Å². The predicted molar refractivity (Wildman–Crippen MR) is 75.0 cm³/mol. The second-order valence-corrected chi connectivity index (χ2v) is 4.89. The van der Waals surface area contributed by atoms with Crippen LogP contribution < -0.4 is 5.73 Å². The highest BCUT2D eigenvalue weighted by Gasteiger charge is 2.17. The maximum atomic E-state index is 6.26. The minimum Gasteiger partial charge on any atom is -0.319 e. The van der Waals surface area contributed by atoms with Crippen molar-refractivity contribution in [2.24, 2.45) is 5.73 Å². The van der Waals surface area contributed by atoms with E-state index < -0.39 is 0 Å². The molecule has 96 valence electrons. The van der Waals surface area contributed by atoms with E-state index in [0.717, 1.165) is 24.2 Å². The number of nitrogens with two attached hydrogens (primary N) is 1. The van der Waals surface area contributed by atoms with E-state index in [9.17, 15) is 0 Å². The number of nitrogens with zero attached hydrogens (tertiary/aromatic N) is 2. The summed E-state index contributed by atoms with van der Waals surface area (Å²) in [7, 11) is 0. The molecule has 1 aromatic heterocycles. The summed E-state index contributed by atoms with van der Waals surface area (Å²) in [6.45, 7) is 2.94. The largest absolute Gasteiger partial charge is 0.319 e. The molecule has 0 saturated carbocycles. The van der Waals surface area contributed by atoms with Crippen LogP contribution in [-0.2, 0) is 6.54 Å². The number of halogens is 2. The molecule has 0 radical (unpaired) electrons. The Kier molecular flexibility index (Phi) is 4.27. The Labute approximate surface area is 117 Å². The van der Waals surface area contributed by atoms with Gasteiger partial charge in [-0.05, 0) is 24.1 Å². The molecule has 2 aromatic rings. The number of rotatable bonds is 4. The van der Waals surface area contributed by atoms with Crippen LogP contribution >= 0.6 is 23.2 Å². The average molecular weight is 284 g/mol. The van der Waals surface area contributed by atoms with E-state index >= 15 is 0 Å². The molecule has 0 spiro atoms. The van der Waals surface area contributed by atoms with Crippen LogP contribution in [0.4, 0.5) is 0 Å². The summed E-state index contributed by atoms with van der Waals surface area (Å²) in [4.78, 5) is 0. The van der Waals surface area contributed by atoms with E-state index in [-0.39, 0.29) is 6.04 Å². The number of aromatic nitrogens is 2. The molecular weight excluding hydrogens is 269 g/mol. The van der Waals surface area contributed by atoms with E-state index in [0.29, 0.717) is 10.0 Å². The smallest absolute Gasteiger partial charge is 0.0738 e. The zero-order valence-corrected chi connectivity index (χ0v) is 11.6. The van der Waals surface area contributed by atoms with E-state index in [2.05, 4.69) is 12.0 Å². The fraction of sp³-hybridized carbons (Fsp3) is 0.308. The summed E-state index contributed by atoms with van der Waals surface area (Å²) in [5, 5.41) is 5.29. The Morgan fingerprint density at radius 1 is 1.33 bits per heavy atom. The van der Waals surface area contributed by atoms with Crippen molar-refractivity contribution in [3.05, 3.63) is 51.8 Å². The van der Waals surface area contributed by atoms with Gasteiger partial charge in [-0.25, -0.2) is 0 Å². The van der Waals surface area contributed by atoms with Crippen LogP contribution in [0.3, 0.4) is 0 Å². The Balaban J connectivity index is 2.38. The standard InChI is InChI=1S/C13H15Cl2N3/c1-2-8-18-11(6-7-17-18)13(16)9-4-3-5-10(14)12(9)15/h3-7,13H,2,8,16H2,1H3. The maximum Gasteiger partial charge on any atom is 0.0738 e. The van der Waals surface area contributed by atoms with Gasteiger partial charge in [-0.2, -0.15) is 5.10 Å². The Bertz CT molecular complexity index is 537. The lowest BCUT2D eigenvalue weighted by molar-refractivity contribution is 0.560. The lowest BCUT2D eigenvalue weighted by Crippen LogP contribution is -2.18. The lowest BCUT2D eigenvalue weighted by atomic mass is 10.0. The van der Waals surface area contributed by atoms with Crippen LogP contribution in [0.5, 0.6) is 0 Å². The molecule has 0 aliphatic rings. The van der Waals surface area contributed by atoms with Crippen LogP contribution in [0, 0.1) is 0 Å². The first-order valence-electron chi connectivity index (χ1n) is 5.86. The van der Waals surface area contributed by atoms with Crippen LogP contribution in [0.15, 0.2) is 30.5 Å². The Hall–Kier alpha value is -1.03. The molecule has 0 amide bonds. The third-order valence-electron chi connectivity index (χ3n) is 2.82. The quantitative estimate of drug-likeness (QED) is 0.931. The summed E-state index contributed by atoms with van der Waals surface area (Å²) in [6.07, 6.45) is 2.76. The van der Waals surface area contributed by atoms with E-state index in [1.165, 1.54) is 0 Å². The second kappa shape index (κ2) is 5.74. The normalized spacial score (nSPS) is 12.7. The Morgan fingerprint density at radius 3 is 2.83 bits per heavy atom. The first kappa shape index (κ1) is 13.4. The summed E-state index contributed by atoms with van der Waals surface area (Å²) < 4.78 is 1.90. The molecule has 1 atom stereocenters. The van der Waals surface area contributed by atoms with Gasteiger partial charge >= 0.3 is 0 Å². The highest BCUT2D eigenvalue weighted by Crippen LogP contribution is 2.31. The average Bonchev–Trinajstić information content (AvgIpc) is 2.80. The van der Waals surface area contributed by atoms with Crippen molar-refractivity contribution in [2.75, 3.05) is 0 Å². The van der Waals surface area contributed by atoms with Gasteiger partial charge in [0.15, 0.2) is 0 Å². The van der Waals surface area contributed by atoms with Gasteiger partial charge in [0.25, 0.3) is 0 Å². The Morgan fingerprint density at radius 2 is 2.11 bits per heavy atom. The first-order valence-corrected chi connectivity index (χ1v) is 6.62. The molecule has 0 aliphatic carbocycles. The molecule has 0 aliphatic heterocycles. The molecule has 2 rings (SSSR count). The van der Waals surface area contributed by atoms with Crippen LogP contribution in [-0.4, -0.2) is 9.78 Å². The molecule has 0 bridgehead atoms. The van der Waals surface area contributed by atoms with Crippen LogP contribution in [0.1, 0.15) is 30.6 Å². The van der Waals surface area contributed by atoms with Gasteiger partial charge in [0.2, 0.25) is 0 Å². The fourth-order valence-corrected chi connectivity index (χ4v) is 2.35.